The second kappa shape index (κ2) is 11.0. The average molecular weight is 678 g/mol. The highest BCUT2D eigenvalue weighted by Gasteiger charge is 2.52. The molecule has 0 fully saturated rings. The molecule has 250 valence electrons. The Morgan fingerprint density at radius 2 is 0.943 bits per heavy atom. The summed E-state index contributed by atoms with van der Waals surface area (Å²) >= 11 is 0. The van der Waals surface area contributed by atoms with Gasteiger partial charge in [-0.05, 0) is 74.3 Å². The zero-order valence-electron chi connectivity index (χ0n) is 29.6. The van der Waals surface area contributed by atoms with Crippen LogP contribution in [-0.2, 0) is 10.8 Å². The van der Waals surface area contributed by atoms with Crippen LogP contribution in [-0.4, -0.2) is 4.98 Å². The van der Waals surface area contributed by atoms with Crippen LogP contribution < -0.4 is 4.74 Å². The number of hydrogen-bond acceptors (Lipinski definition) is 2. The first kappa shape index (κ1) is 30.1. The van der Waals surface area contributed by atoms with Gasteiger partial charge in [0.2, 0.25) is 0 Å². The SMILES string of the molecule is CC1(C)c2ccc(-c3cc(-c4ccccc4)cc(-c4ccccc4)n3)cc2-c2c1ccc1c2Oc2ccccc2C12c1ccccc1-c1ccccc12. The Kier molecular flexibility index (Phi) is 6.25. The van der Waals surface area contributed by atoms with Crippen molar-refractivity contribution in [3.05, 3.63) is 209 Å². The van der Waals surface area contributed by atoms with Crippen LogP contribution in [0.25, 0.3) is 55.9 Å². The van der Waals surface area contributed by atoms with E-state index in [0.717, 1.165) is 39.6 Å². The molecule has 3 aliphatic rings. The van der Waals surface area contributed by atoms with Crippen molar-refractivity contribution in [2.24, 2.45) is 0 Å². The van der Waals surface area contributed by atoms with Gasteiger partial charge in [0.05, 0.1) is 16.8 Å². The number of rotatable bonds is 3. The second-order valence-electron chi connectivity index (χ2n) is 15.0. The van der Waals surface area contributed by atoms with Crippen LogP contribution >= 0.6 is 0 Å². The Labute approximate surface area is 310 Å². The van der Waals surface area contributed by atoms with Crippen LogP contribution in [0.2, 0.25) is 0 Å². The van der Waals surface area contributed by atoms with E-state index in [4.69, 9.17) is 9.72 Å². The number of ether oxygens (including phenoxy) is 1. The third-order valence-electron chi connectivity index (χ3n) is 12.0. The number of hydrogen-bond donors (Lipinski definition) is 0. The number of aromatic nitrogens is 1. The van der Waals surface area contributed by atoms with Crippen molar-refractivity contribution in [1.82, 2.24) is 4.98 Å². The van der Waals surface area contributed by atoms with E-state index in [1.165, 1.54) is 61.2 Å². The summed E-state index contributed by atoms with van der Waals surface area (Å²) in [6, 6.07) is 63.7. The van der Waals surface area contributed by atoms with Gasteiger partial charge in [0, 0.05) is 33.2 Å². The summed E-state index contributed by atoms with van der Waals surface area (Å²) in [4.78, 5) is 5.31. The van der Waals surface area contributed by atoms with Gasteiger partial charge in [0.25, 0.3) is 0 Å². The molecule has 0 radical (unpaired) electrons. The lowest BCUT2D eigenvalue weighted by Gasteiger charge is -2.40. The maximum Gasteiger partial charge on any atom is 0.140 e. The first-order chi connectivity index (χ1) is 26.0. The molecule has 7 aromatic carbocycles. The Hall–Kier alpha value is -6.51. The molecule has 11 rings (SSSR count). The highest BCUT2D eigenvalue weighted by molar-refractivity contribution is 5.94. The van der Waals surface area contributed by atoms with Gasteiger partial charge in [0.15, 0.2) is 0 Å². The van der Waals surface area contributed by atoms with Gasteiger partial charge in [0.1, 0.15) is 11.5 Å². The standard InChI is InChI=1S/C51H35NO/c1-50(2)39-26-25-34(46-31-35(32-15-5-3-6-16-32)30-45(52-46)33-17-7-4-8-18-33)29-38(39)48-43(50)27-28-44-49(48)53-47-24-14-13-23-42(47)51(44)40-21-11-9-19-36(40)37-20-10-12-22-41(37)51/h3-31H,1-2H3. The molecule has 0 saturated heterocycles. The van der Waals surface area contributed by atoms with E-state index in [-0.39, 0.29) is 5.41 Å². The monoisotopic (exact) mass is 677 g/mol. The van der Waals surface area contributed by atoms with Crippen molar-refractivity contribution in [2.75, 3.05) is 0 Å². The molecule has 2 aliphatic carbocycles. The van der Waals surface area contributed by atoms with E-state index >= 15 is 0 Å². The highest BCUT2D eigenvalue weighted by Crippen LogP contribution is 2.65. The maximum atomic E-state index is 7.17. The third-order valence-corrected chi connectivity index (χ3v) is 12.0. The normalized spacial score (nSPS) is 14.7. The number of benzene rings is 7. The molecular weight excluding hydrogens is 643 g/mol. The molecular formula is C51H35NO. The van der Waals surface area contributed by atoms with Crippen molar-refractivity contribution >= 4 is 0 Å². The van der Waals surface area contributed by atoms with Gasteiger partial charge in [-0.2, -0.15) is 0 Å². The fraction of sp³-hybridized carbons (Fsp3) is 0.0784. The summed E-state index contributed by atoms with van der Waals surface area (Å²) in [5, 5.41) is 0. The summed E-state index contributed by atoms with van der Waals surface area (Å²) in [5.41, 5.74) is 18.2. The van der Waals surface area contributed by atoms with Crippen molar-refractivity contribution < 1.29 is 4.74 Å². The van der Waals surface area contributed by atoms with Gasteiger partial charge in [-0.1, -0.05) is 166 Å². The summed E-state index contributed by atoms with van der Waals surface area (Å²) in [5.74, 6) is 1.86. The molecule has 0 unspecified atom stereocenters. The third kappa shape index (κ3) is 4.12. The average Bonchev–Trinajstić information content (AvgIpc) is 3.64. The molecule has 0 amide bonds. The van der Waals surface area contributed by atoms with Crippen molar-refractivity contribution in [2.45, 2.75) is 24.7 Å². The number of nitrogens with zero attached hydrogens (tertiary/aromatic N) is 1. The van der Waals surface area contributed by atoms with Gasteiger partial charge in [-0.15, -0.1) is 0 Å². The van der Waals surface area contributed by atoms with Crippen molar-refractivity contribution in [3.8, 4) is 67.4 Å². The molecule has 1 aromatic heterocycles. The predicted molar refractivity (Wildman–Crippen MR) is 215 cm³/mol. The predicted octanol–water partition coefficient (Wildman–Crippen LogP) is 12.9. The van der Waals surface area contributed by atoms with Crippen LogP contribution in [0.5, 0.6) is 11.5 Å². The fourth-order valence-corrected chi connectivity index (χ4v) is 9.54. The molecule has 1 spiro atoms. The second-order valence-corrected chi connectivity index (χ2v) is 15.0. The summed E-state index contributed by atoms with van der Waals surface area (Å²) in [6.07, 6.45) is 0. The Bertz CT molecular complexity index is 2670. The van der Waals surface area contributed by atoms with Crippen LogP contribution in [0, 0.1) is 0 Å². The Morgan fingerprint density at radius 3 is 1.64 bits per heavy atom. The van der Waals surface area contributed by atoms with Gasteiger partial charge >= 0.3 is 0 Å². The maximum absolute atomic E-state index is 7.17. The summed E-state index contributed by atoms with van der Waals surface area (Å²) in [7, 11) is 0. The van der Waals surface area contributed by atoms with Gasteiger partial charge in [-0.3, -0.25) is 0 Å². The molecule has 8 aromatic rings. The molecule has 2 heterocycles. The Morgan fingerprint density at radius 1 is 0.396 bits per heavy atom. The van der Waals surface area contributed by atoms with E-state index in [1.807, 2.05) is 0 Å². The minimum atomic E-state index is -0.507. The van der Waals surface area contributed by atoms with Crippen molar-refractivity contribution in [3.63, 3.8) is 0 Å². The summed E-state index contributed by atoms with van der Waals surface area (Å²) in [6.45, 7) is 4.69. The fourth-order valence-electron chi connectivity index (χ4n) is 9.54. The van der Waals surface area contributed by atoms with Gasteiger partial charge in [-0.25, -0.2) is 4.98 Å². The smallest absolute Gasteiger partial charge is 0.140 e. The van der Waals surface area contributed by atoms with E-state index in [1.54, 1.807) is 0 Å². The number of fused-ring (bicyclic) bond motifs is 13. The lowest BCUT2D eigenvalue weighted by atomic mass is 9.65. The number of para-hydroxylation sites is 1. The molecule has 0 saturated carbocycles. The lowest BCUT2D eigenvalue weighted by Crippen LogP contribution is -2.32. The van der Waals surface area contributed by atoms with E-state index < -0.39 is 5.41 Å². The minimum Gasteiger partial charge on any atom is -0.456 e. The van der Waals surface area contributed by atoms with Crippen LogP contribution in [0.1, 0.15) is 47.2 Å². The largest absolute Gasteiger partial charge is 0.456 e. The molecule has 1 aliphatic heterocycles. The van der Waals surface area contributed by atoms with E-state index in [0.29, 0.717) is 0 Å². The number of pyridine rings is 1. The molecule has 2 heteroatoms. The first-order valence-corrected chi connectivity index (χ1v) is 18.5. The highest BCUT2D eigenvalue weighted by atomic mass is 16.5. The van der Waals surface area contributed by atoms with Gasteiger partial charge < -0.3 is 4.74 Å². The molecule has 0 bridgehead atoms. The first-order valence-electron chi connectivity index (χ1n) is 18.5. The lowest BCUT2D eigenvalue weighted by molar-refractivity contribution is 0.437. The zero-order valence-corrected chi connectivity index (χ0v) is 29.6. The summed E-state index contributed by atoms with van der Waals surface area (Å²) < 4.78 is 7.17. The zero-order chi connectivity index (χ0) is 35.3. The molecule has 2 nitrogen and oxygen atoms in total. The van der Waals surface area contributed by atoms with Crippen molar-refractivity contribution in [1.29, 1.82) is 0 Å². The Balaban J connectivity index is 1.17. The van der Waals surface area contributed by atoms with E-state index in [2.05, 4.69) is 190 Å². The van der Waals surface area contributed by atoms with Crippen LogP contribution in [0.15, 0.2) is 176 Å². The van der Waals surface area contributed by atoms with Crippen LogP contribution in [0.4, 0.5) is 0 Å². The molecule has 0 N–H and O–H groups in total. The molecule has 0 atom stereocenters. The minimum absolute atomic E-state index is 0.217. The van der Waals surface area contributed by atoms with E-state index in [9.17, 15) is 0 Å². The quantitative estimate of drug-likeness (QED) is 0.186. The molecule has 53 heavy (non-hydrogen) atoms. The van der Waals surface area contributed by atoms with Crippen LogP contribution in [0.3, 0.4) is 0 Å². The topological polar surface area (TPSA) is 22.1 Å².